The van der Waals surface area contributed by atoms with Crippen molar-refractivity contribution in [1.29, 1.82) is 0 Å². The molecule has 1 saturated carbocycles. The van der Waals surface area contributed by atoms with Crippen molar-refractivity contribution in [3.63, 3.8) is 0 Å². The molecule has 1 atom stereocenters. The molecule has 26 heavy (non-hydrogen) atoms. The zero-order valence-corrected chi connectivity index (χ0v) is 17.4. The van der Waals surface area contributed by atoms with E-state index in [4.69, 9.17) is 4.18 Å². The van der Waals surface area contributed by atoms with Gasteiger partial charge in [-0.25, -0.2) is 4.79 Å². The van der Waals surface area contributed by atoms with Crippen molar-refractivity contribution in [3.05, 3.63) is 35.4 Å². The van der Waals surface area contributed by atoms with Crippen LogP contribution in [-0.2, 0) is 19.2 Å². The minimum absolute atomic E-state index is 0.0232. The number of carboxylic acids is 1. The first-order valence-electron chi connectivity index (χ1n) is 8.87. The van der Waals surface area contributed by atoms with Gasteiger partial charge < -0.3 is 14.6 Å². The maximum atomic E-state index is 12.9. The Morgan fingerprint density at radius 3 is 2.38 bits per heavy atom. The normalized spacial score (nSPS) is 18.1. The minimum atomic E-state index is -1.45. The molecule has 0 unspecified atom stereocenters. The van der Waals surface area contributed by atoms with Crippen molar-refractivity contribution in [2.45, 2.75) is 56.7 Å². The second-order valence-electron chi connectivity index (χ2n) is 8.45. The number of carboxylic acid groups (broad SMARTS) is 1. The van der Waals surface area contributed by atoms with Crippen LogP contribution < -0.4 is 5.32 Å². The lowest BCUT2D eigenvalue weighted by atomic mass is 9.93. The topological polar surface area (TPSA) is 75.6 Å². The number of amides is 1. The number of nitrogens with one attached hydrogen (secondary N) is 1. The summed E-state index contributed by atoms with van der Waals surface area (Å²) in [4.78, 5) is 24.5. The number of benzene rings is 1. The van der Waals surface area contributed by atoms with Gasteiger partial charge in [-0.2, -0.15) is 0 Å². The quantitative estimate of drug-likeness (QED) is 0.759. The van der Waals surface area contributed by atoms with E-state index in [1.165, 1.54) is 0 Å². The van der Waals surface area contributed by atoms with Gasteiger partial charge in [-0.05, 0) is 37.8 Å². The van der Waals surface area contributed by atoms with Crippen LogP contribution in [0.4, 0.5) is 0 Å². The van der Waals surface area contributed by atoms with Crippen LogP contribution in [0.5, 0.6) is 0 Å². The minimum Gasteiger partial charge on any atom is -0.480 e. The molecule has 0 spiro atoms. The van der Waals surface area contributed by atoms with Crippen molar-refractivity contribution in [2.24, 2.45) is 0 Å². The number of hydrogen-bond acceptors (Lipinski definition) is 3. The average molecular weight is 382 g/mol. The Labute approximate surface area is 158 Å². The molecule has 0 bridgehead atoms. The molecule has 0 saturated heterocycles. The highest BCUT2D eigenvalue weighted by molar-refractivity contribution is 8.29. The SMILES string of the molecule is Cc1cccc(C2(C(=O)N[C@@H](COS(C)(C)C(C)(C)C)C(=O)O)CC2)c1. The lowest BCUT2D eigenvalue weighted by Crippen LogP contribution is -2.48. The van der Waals surface area contributed by atoms with E-state index < -0.39 is 27.7 Å². The molecule has 2 rings (SSSR count). The van der Waals surface area contributed by atoms with Crippen LogP contribution in [0.15, 0.2) is 24.3 Å². The van der Waals surface area contributed by atoms with Crippen LogP contribution in [0.1, 0.15) is 44.7 Å². The van der Waals surface area contributed by atoms with Crippen molar-refractivity contribution < 1.29 is 18.9 Å². The highest BCUT2D eigenvalue weighted by Gasteiger charge is 2.52. The maximum Gasteiger partial charge on any atom is 0.328 e. The summed E-state index contributed by atoms with van der Waals surface area (Å²) in [5.41, 5.74) is 1.46. The highest BCUT2D eigenvalue weighted by atomic mass is 32.3. The summed E-state index contributed by atoms with van der Waals surface area (Å²) in [6.45, 7) is 8.20. The first-order valence-corrected chi connectivity index (χ1v) is 11.2. The van der Waals surface area contributed by atoms with Gasteiger partial charge in [0.2, 0.25) is 5.91 Å². The number of hydrogen-bond donors (Lipinski definition) is 2. The summed E-state index contributed by atoms with van der Waals surface area (Å²) in [6, 6.07) is 6.83. The van der Waals surface area contributed by atoms with Crippen LogP contribution in [0.25, 0.3) is 0 Å². The standard InChI is InChI=1S/C20H31NO4S/c1-14-8-7-9-15(12-14)20(10-11-20)18(24)21-16(17(22)23)13-25-26(5,6)19(2,3)4/h7-9,12,16H,10-11,13H2,1-6H3,(H,21,24)(H,22,23)/t16-/m0/s1. The Morgan fingerprint density at radius 1 is 1.31 bits per heavy atom. The molecule has 1 aromatic carbocycles. The second kappa shape index (κ2) is 7.24. The van der Waals surface area contributed by atoms with Gasteiger partial charge in [-0.1, -0.05) is 50.6 Å². The molecule has 146 valence electrons. The highest BCUT2D eigenvalue weighted by Crippen LogP contribution is 2.53. The third kappa shape index (κ3) is 4.41. The molecule has 1 aromatic rings. The van der Waals surface area contributed by atoms with Crippen molar-refractivity contribution in [1.82, 2.24) is 5.32 Å². The summed E-state index contributed by atoms with van der Waals surface area (Å²) in [5, 5.41) is 12.2. The first-order chi connectivity index (χ1) is 11.9. The van der Waals surface area contributed by atoms with Gasteiger partial charge in [0.25, 0.3) is 0 Å². The van der Waals surface area contributed by atoms with Crippen LogP contribution in [0.3, 0.4) is 0 Å². The Balaban J connectivity index is 2.08. The van der Waals surface area contributed by atoms with Gasteiger partial charge >= 0.3 is 5.97 Å². The van der Waals surface area contributed by atoms with E-state index in [1.54, 1.807) is 0 Å². The maximum absolute atomic E-state index is 12.9. The van der Waals surface area contributed by atoms with Crippen molar-refractivity contribution in [3.8, 4) is 0 Å². The van der Waals surface area contributed by atoms with Gasteiger partial charge in [-0.3, -0.25) is 4.79 Å². The smallest absolute Gasteiger partial charge is 0.328 e. The zero-order chi connectivity index (χ0) is 19.8. The molecule has 0 aliphatic heterocycles. The Bertz CT molecular complexity index is 689. The molecule has 1 amide bonds. The molecule has 0 radical (unpaired) electrons. The summed E-state index contributed by atoms with van der Waals surface area (Å²) in [5.74, 6) is -1.29. The van der Waals surface area contributed by atoms with Crippen LogP contribution in [0.2, 0.25) is 0 Å². The van der Waals surface area contributed by atoms with Crippen molar-refractivity contribution >= 4 is 22.2 Å². The average Bonchev–Trinajstić information content (AvgIpc) is 3.31. The Kier molecular flexibility index (Phi) is 5.78. The van der Waals surface area contributed by atoms with E-state index in [0.717, 1.165) is 24.0 Å². The number of rotatable bonds is 7. The third-order valence-corrected chi connectivity index (χ3v) is 9.04. The molecule has 1 fully saturated rings. The third-order valence-electron chi connectivity index (χ3n) is 5.36. The van der Waals surface area contributed by atoms with Crippen LogP contribution in [-0.4, -0.2) is 46.9 Å². The summed E-state index contributed by atoms with van der Waals surface area (Å²) >= 11 is 0. The number of aryl methyl sites for hydroxylation is 1. The molecular formula is C20H31NO4S. The van der Waals surface area contributed by atoms with E-state index in [1.807, 2.05) is 43.7 Å². The molecule has 1 aliphatic carbocycles. The summed E-state index contributed by atoms with van der Waals surface area (Å²) in [7, 11) is -1.45. The van der Waals surface area contributed by atoms with Gasteiger partial charge in [0.05, 0.1) is 12.0 Å². The van der Waals surface area contributed by atoms with E-state index in [2.05, 4.69) is 26.1 Å². The predicted octanol–water partition coefficient (Wildman–Crippen LogP) is 3.39. The monoisotopic (exact) mass is 381 g/mol. The number of aliphatic carboxylic acids is 1. The molecule has 1 aliphatic rings. The molecule has 6 heteroatoms. The van der Waals surface area contributed by atoms with Gasteiger partial charge in [-0.15, -0.1) is 10.3 Å². The first kappa shape index (κ1) is 20.8. The fourth-order valence-electron chi connectivity index (χ4n) is 2.60. The summed E-state index contributed by atoms with van der Waals surface area (Å²) < 4.78 is 5.89. The molecule has 0 aromatic heterocycles. The second-order valence-corrected chi connectivity index (χ2v) is 12.4. The van der Waals surface area contributed by atoms with Crippen LogP contribution in [0, 0.1) is 6.92 Å². The Morgan fingerprint density at radius 2 is 1.92 bits per heavy atom. The van der Waals surface area contributed by atoms with Gasteiger partial charge in [0, 0.05) is 4.75 Å². The van der Waals surface area contributed by atoms with Crippen LogP contribution >= 0.6 is 10.3 Å². The van der Waals surface area contributed by atoms with Gasteiger partial charge in [0.1, 0.15) is 0 Å². The predicted molar refractivity (Wildman–Crippen MR) is 107 cm³/mol. The molecule has 0 heterocycles. The van der Waals surface area contributed by atoms with E-state index >= 15 is 0 Å². The summed E-state index contributed by atoms with van der Waals surface area (Å²) in [6.07, 6.45) is 5.52. The van der Waals surface area contributed by atoms with Crippen molar-refractivity contribution in [2.75, 3.05) is 19.1 Å². The molecular weight excluding hydrogens is 350 g/mol. The lowest BCUT2D eigenvalue weighted by molar-refractivity contribution is -0.143. The fraction of sp³-hybridized carbons (Fsp3) is 0.600. The molecule has 2 N–H and O–H groups in total. The lowest BCUT2D eigenvalue weighted by Gasteiger charge is -2.44. The van der Waals surface area contributed by atoms with E-state index in [-0.39, 0.29) is 17.3 Å². The molecule has 5 nitrogen and oxygen atoms in total. The largest absolute Gasteiger partial charge is 0.480 e. The Hall–Kier alpha value is -1.53. The van der Waals surface area contributed by atoms with E-state index in [9.17, 15) is 14.7 Å². The number of carbonyl (C=O) groups is 2. The fourth-order valence-corrected chi connectivity index (χ4v) is 3.43. The number of carbonyl (C=O) groups excluding carboxylic acids is 1. The van der Waals surface area contributed by atoms with Gasteiger partial charge in [0.15, 0.2) is 6.04 Å². The van der Waals surface area contributed by atoms with E-state index in [0.29, 0.717) is 0 Å². The zero-order valence-electron chi connectivity index (χ0n) is 16.6.